The quantitative estimate of drug-likeness (QED) is 0.254. The predicted octanol–water partition coefficient (Wildman–Crippen LogP) is 3.90. The van der Waals surface area contributed by atoms with Gasteiger partial charge in [0.25, 0.3) is 11.5 Å². The number of ether oxygens (including phenoxy) is 1. The van der Waals surface area contributed by atoms with E-state index >= 15 is 0 Å². The second-order valence-corrected chi connectivity index (χ2v) is 9.73. The lowest BCUT2D eigenvalue weighted by molar-refractivity contribution is -0.149. The number of piperidine rings is 1. The Morgan fingerprint density at radius 1 is 1.08 bits per heavy atom. The summed E-state index contributed by atoms with van der Waals surface area (Å²) in [6, 6.07) is 6.90. The molecule has 0 spiro atoms. The number of amides is 1. The van der Waals surface area contributed by atoms with Crippen LogP contribution in [0.5, 0.6) is 0 Å². The molecule has 9 heteroatoms. The Kier molecular flexibility index (Phi) is 8.74. The zero-order valence-corrected chi connectivity index (χ0v) is 21.9. The fourth-order valence-corrected chi connectivity index (χ4v) is 5.07. The van der Waals surface area contributed by atoms with Crippen LogP contribution in [0.3, 0.4) is 0 Å². The highest BCUT2D eigenvalue weighted by Gasteiger charge is 2.30. The molecule has 37 heavy (non-hydrogen) atoms. The van der Waals surface area contributed by atoms with E-state index in [1.807, 2.05) is 6.07 Å². The lowest BCUT2D eigenvalue weighted by Crippen LogP contribution is -2.43. The second-order valence-electron chi connectivity index (χ2n) is 9.73. The molecule has 3 aromatic heterocycles. The molecule has 0 aliphatic carbocycles. The minimum Gasteiger partial charge on any atom is -0.466 e. The number of hydrogen-bond donors (Lipinski definition) is 1. The van der Waals surface area contributed by atoms with Crippen LogP contribution in [0, 0.1) is 11.3 Å². The van der Waals surface area contributed by atoms with Crippen LogP contribution in [-0.2, 0) is 16.1 Å². The number of likely N-dealkylation sites (tertiary alicyclic amines) is 1. The number of unbranched alkanes of at least 4 members (excludes halogenated alkanes) is 5. The van der Waals surface area contributed by atoms with Crippen molar-refractivity contribution in [1.82, 2.24) is 18.9 Å². The van der Waals surface area contributed by atoms with E-state index in [0.29, 0.717) is 55.8 Å². The maximum atomic E-state index is 13.6. The first-order valence-electron chi connectivity index (χ1n) is 13.5. The second kappa shape index (κ2) is 12.2. The van der Waals surface area contributed by atoms with E-state index in [2.05, 4.69) is 6.92 Å². The number of fused-ring (bicyclic) bond motifs is 2. The van der Waals surface area contributed by atoms with Gasteiger partial charge in [-0.25, -0.2) is 4.98 Å². The Balaban J connectivity index is 1.67. The Hall–Kier alpha value is -3.49. The van der Waals surface area contributed by atoms with E-state index < -0.39 is 0 Å². The molecule has 4 rings (SSSR count). The molecule has 0 unspecified atom stereocenters. The Morgan fingerprint density at radius 3 is 2.54 bits per heavy atom. The molecule has 0 aromatic carbocycles. The number of nitrogens with one attached hydrogen (secondary N) is 1. The highest BCUT2D eigenvalue weighted by Crippen LogP contribution is 2.21. The lowest BCUT2D eigenvalue weighted by Gasteiger charge is -2.31. The van der Waals surface area contributed by atoms with Crippen LogP contribution in [-0.4, -0.2) is 50.4 Å². The van der Waals surface area contributed by atoms with Crippen LogP contribution in [0.4, 0.5) is 0 Å². The minimum absolute atomic E-state index is 0.0748. The molecule has 1 amide bonds. The maximum absolute atomic E-state index is 13.6. The number of rotatable bonds is 10. The third-order valence-electron chi connectivity index (χ3n) is 7.19. The number of esters is 1. The van der Waals surface area contributed by atoms with Gasteiger partial charge < -0.3 is 14.2 Å². The fourth-order valence-electron chi connectivity index (χ4n) is 5.07. The van der Waals surface area contributed by atoms with Crippen molar-refractivity contribution >= 4 is 28.6 Å². The molecule has 198 valence electrons. The van der Waals surface area contributed by atoms with Gasteiger partial charge in [0.1, 0.15) is 16.8 Å². The van der Waals surface area contributed by atoms with Crippen molar-refractivity contribution in [2.24, 2.45) is 5.92 Å². The van der Waals surface area contributed by atoms with Gasteiger partial charge in [0.2, 0.25) is 0 Å². The number of pyridine rings is 2. The zero-order valence-electron chi connectivity index (χ0n) is 21.9. The van der Waals surface area contributed by atoms with Crippen LogP contribution in [0.2, 0.25) is 0 Å². The number of aryl methyl sites for hydroxylation is 1. The molecule has 3 aromatic rings. The monoisotopic (exact) mass is 507 g/mol. The van der Waals surface area contributed by atoms with Crippen molar-refractivity contribution < 1.29 is 14.3 Å². The van der Waals surface area contributed by atoms with Crippen molar-refractivity contribution in [3.05, 3.63) is 51.9 Å². The third kappa shape index (κ3) is 5.76. The average Bonchev–Trinajstić information content (AvgIpc) is 2.91. The first-order valence-corrected chi connectivity index (χ1v) is 13.5. The molecule has 4 heterocycles. The first-order chi connectivity index (χ1) is 18.0. The summed E-state index contributed by atoms with van der Waals surface area (Å²) in [4.78, 5) is 45.5. The van der Waals surface area contributed by atoms with Crippen LogP contribution in [0.1, 0.15) is 75.6 Å². The van der Waals surface area contributed by atoms with Crippen molar-refractivity contribution in [3.63, 3.8) is 0 Å². The summed E-state index contributed by atoms with van der Waals surface area (Å²) in [6.07, 6.45) is 9.26. The van der Waals surface area contributed by atoms with E-state index in [0.717, 1.165) is 19.3 Å². The van der Waals surface area contributed by atoms with Gasteiger partial charge in [-0.2, -0.15) is 0 Å². The van der Waals surface area contributed by atoms with Gasteiger partial charge in [-0.15, -0.1) is 0 Å². The predicted molar refractivity (Wildman–Crippen MR) is 141 cm³/mol. The molecule has 0 bridgehead atoms. The number of carbonyl (C=O) groups excluding carboxylic acids is 2. The van der Waals surface area contributed by atoms with E-state index in [1.54, 1.807) is 34.7 Å². The highest BCUT2D eigenvalue weighted by molar-refractivity contribution is 5.97. The van der Waals surface area contributed by atoms with Gasteiger partial charge in [-0.3, -0.25) is 24.2 Å². The standard InChI is InChI=1S/C28H37N5O4/c1-3-5-6-7-8-10-16-33-24(29)21(26(34)31-17-13-20(14-18-31)28(36)37-4-2)19-22-25(33)30-23-12-9-11-15-32(23)27(22)35/h9,11-12,15,19-20,29H,3-8,10,13-14,16-18H2,1-2H3. The SMILES string of the molecule is CCCCCCCCn1c(=N)c(C(=O)N2CCC(C(=O)OCC)CC2)cc2c(=O)n3ccccc3nc21. The molecular weight excluding hydrogens is 470 g/mol. The molecule has 0 atom stereocenters. The van der Waals surface area contributed by atoms with E-state index in [4.69, 9.17) is 15.1 Å². The summed E-state index contributed by atoms with van der Waals surface area (Å²) in [5.41, 5.74) is 0.963. The van der Waals surface area contributed by atoms with Crippen LogP contribution in [0.15, 0.2) is 35.3 Å². The molecule has 1 N–H and O–H groups in total. The minimum atomic E-state index is -0.288. The van der Waals surface area contributed by atoms with Gasteiger partial charge in [-0.1, -0.05) is 45.1 Å². The molecule has 0 saturated carbocycles. The van der Waals surface area contributed by atoms with Gasteiger partial charge in [0, 0.05) is 25.8 Å². The van der Waals surface area contributed by atoms with Gasteiger partial charge in [0.15, 0.2) is 0 Å². The van der Waals surface area contributed by atoms with Crippen LogP contribution in [0.25, 0.3) is 16.7 Å². The highest BCUT2D eigenvalue weighted by atomic mass is 16.5. The number of nitrogens with zero attached hydrogens (tertiary/aromatic N) is 4. The number of hydrogen-bond acceptors (Lipinski definition) is 6. The molecule has 1 fully saturated rings. The van der Waals surface area contributed by atoms with Gasteiger partial charge in [-0.05, 0) is 44.4 Å². The summed E-state index contributed by atoms with van der Waals surface area (Å²) in [5.74, 6) is -0.721. The van der Waals surface area contributed by atoms with Gasteiger partial charge in [0.05, 0.1) is 23.5 Å². The molecule has 0 radical (unpaired) electrons. The first kappa shape index (κ1) is 26.6. The zero-order chi connectivity index (χ0) is 26.4. The van der Waals surface area contributed by atoms with Gasteiger partial charge >= 0.3 is 5.97 Å². The Labute approximate surface area is 216 Å². The normalized spacial score (nSPS) is 14.4. The molecule has 9 nitrogen and oxygen atoms in total. The number of aromatic nitrogens is 3. The largest absolute Gasteiger partial charge is 0.466 e. The topological polar surface area (TPSA) is 110 Å². The van der Waals surface area contributed by atoms with E-state index in [-0.39, 0.29) is 34.4 Å². The molecular formula is C28H37N5O4. The summed E-state index contributed by atoms with van der Waals surface area (Å²) in [5, 5.41) is 9.29. The number of carbonyl (C=O) groups is 2. The van der Waals surface area contributed by atoms with Crippen molar-refractivity contribution in [3.8, 4) is 0 Å². The van der Waals surface area contributed by atoms with Crippen molar-refractivity contribution in [2.45, 2.75) is 71.8 Å². The molecule has 1 aliphatic heterocycles. The molecule has 1 aliphatic rings. The van der Waals surface area contributed by atoms with Crippen LogP contribution < -0.4 is 11.0 Å². The summed E-state index contributed by atoms with van der Waals surface area (Å²) in [7, 11) is 0. The summed E-state index contributed by atoms with van der Waals surface area (Å²) >= 11 is 0. The average molecular weight is 508 g/mol. The smallest absolute Gasteiger partial charge is 0.309 e. The van der Waals surface area contributed by atoms with E-state index in [9.17, 15) is 14.4 Å². The Morgan fingerprint density at radius 2 is 1.81 bits per heavy atom. The third-order valence-corrected chi connectivity index (χ3v) is 7.19. The van der Waals surface area contributed by atoms with Crippen LogP contribution >= 0.6 is 0 Å². The summed E-state index contributed by atoms with van der Waals surface area (Å²) in [6.45, 7) is 5.65. The maximum Gasteiger partial charge on any atom is 0.309 e. The fraction of sp³-hybridized carbons (Fsp3) is 0.536. The molecule has 1 saturated heterocycles. The van der Waals surface area contributed by atoms with Crippen molar-refractivity contribution in [1.29, 1.82) is 5.41 Å². The lowest BCUT2D eigenvalue weighted by atomic mass is 9.96. The van der Waals surface area contributed by atoms with Crippen molar-refractivity contribution in [2.75, 3.05) is 19.7 Å². The Bertz CT molecular complexity index is 1390. The summed E-state index contributed by atoms with van der Waals surface area (Å²) < 4.78 is 8.34. The van der Waals surface area contributed by atoms with E-state index in [1.165, 1.54) is 29.7 Å².